The molecule has 1 unspecified atom stereocenters. The van der Waals surface area contributed by atoms with Gasteiger partial charge in [-0.05, 0) is 54.7 Å². The number of fused-ring (bicyclic) bond motifs is 1. The lowest BCUT2D eigenvalue weighted by molar-refractivity contribution is -0.141. The number of amides is 4. The second-order valence-electron chi connectivity index (χ2n) is 10.8. The summed E-state index contributed by atoms with van der Waals surface area (Å²) in [4.78, 5) is 56.2. The van der Waals surface area contributed by atoms with Crippen LogP contribution in [-0.2, 0) is 22.6 Å². The van der Waals surface area contributed by atoms with Gasteiger partial charge >= 0.3 is 0 Å². The second-order valence-corrected chi connectivity index (χ2v) is 11.7. The van der Waals surface area contributed by atoms with Crippen molar-refractivity contribution in [1.29, 1.82) is 0 Å². The van der Waals surface area contributed by atoms with Crippen molar-refractivity contribution in [2.75, 3.05) is 6.54 Å². The lowest BCUT2D eigenvalue weighted by atomic mass is 10.0. The fourth-order valence-corrected chi connectivity index (χ4v) is 6.17. The molecule has 212 valence electrons. The predicted molar refractivity (Wildman–Crippen MR) is 160 cm³/mol. The molecule has 4 amide bonds. The van der Waals surface area contributed by atoms with Gasteiger partial charge in [0.05, 0.1) is 11.1 Å². The van der Waals surface area contributed by atoms with Crippen molar-refractivity contribution in [3.63, 3.8) is 0 Å². The molecule has 1 N–H and O–H groups in total. The number of nitrogens with zero attached hydrogens (tertiary/aromatic N) is 2. The molecule has 3 aromatic carbocycles. The van der Waals surface area contributed by atoms with Crippen molar-refractivity contribution in [2.24, 2.45) is 0 Å². The molecule has 41 heavy (non-hydrogen) atoms. The zero-order valence-corrected chi connectivity index (χ0v) is 24.5. The topological polar surface area (TPSA) is 86.8 Å². The summed E-state index contributed by atoms with van der Waals surface area (Å²) in [5.41, 5.74) is 2.66. The highest BCUT2D eigenvalue weighted by Crippen LogP contribution is 2.24. The van der Waals surface area contributed by atoms with Crippen LogP contribution in [0, 0.1) is 0 Å². The smallest absolute Gasteiger partial charge is 0.261 e. The molecule has 2 aliphatic rings. The highest BCUT2D eigenvalue weighted by Gasteiger charge is 2.36. The SMILES string of the molecule is O=C(NC1CCCC1)C(Cc1ccccc1)N(Cc1cccc(Br)c1)C(=O)CCCN1C(=O)c2ccccc2C1=O. The monoisotopic (exact) mass is 615 g/mol. The highest BCUT2D eigenvalue weighted by molar-refractivity contribution is 9.10. The number of benzene rings is 3. The first-order valence-corrected chi connectivity index (χ1v) is 15.0. The quantitative estimate of drug-likeness (QED) is 0.288. The Bertz CT molecular complexity index is 1390. The van der Waals surface area contributed by atoms with Crippen LogP contribution >= 0.6 is 15.9 Å². The molecule has 0 bridgehead atoms. The van der Waals surface area contributed by atoms with Gasteiger partial charge in [0.2, 0.25) is 11.8 Å². The van der Waals surface area contributed by atoms with Crippen LogP contribution in [0.15, 0.2) is 83.3 Å². The Morgan fingerprint density at radius 2 is 1.51 bits per heavy atom. The molecule has 0 spiro atoms. The molecule has 1 heterocycles. The lowest BCUT2D eigenvalue weighted by Crippen LogP contribution is -2.52. The predicted octanol–water partition coefficient (Wildman–Crippen LogP) is 5.52. The van der Waals surface area contributed by atoms with E-state index in [9.17, 15) is 19.2 Å². The van der Waals surface area contributed by atoms with Gasteiger partial charge in [0, 0.05) is 36.4 Å². The van der Waals surface area contributed by atoms with Gasteiger partial charge in [-0.3, -0.25) is 24.1 Å². The first-order chi connectivity index (χ1) is 19.9. The zero-order valence-electron chi connectivity index (χ0n) is 22.9. The molecule has 1 saturated carbocycles. The van der Waals surface area contributed by atoms with Gasteiger partial charge in [-0.2, -0.15) is 0 Å². The van der Waals surface area contributed by atoms with Crippen LogP contribution in [0.1, 0.15) is 70.4 Å². The molecule has 0 saturated heterocycles. The number of halogens is 1. The number of rotatable bonds is 11. The molecule has 0 aromatic heterocycles. The molecule has 8 heteroatoms. The van der Waals surface area contributed by atoms with Crippen LogP contribution in [0.25, 0.3) is 0 Å². The van der Waals surface area contributed by atoms with Crippen LogP contribution in [0.5, 0.6) is 0 Å². The largest absolute Gasteiger partial charge is 0.352 e. The van der Waals surface area contributed by atoms with Crippen molar-refractivity contribution < 1.29 is 19.2 Å². The molecule has 7 nitrogen and oxygen atoms in total. The van der Waals surface area contributed by atoms with Gasteiger partial charge in [0.15, 0.2) is 0 Å². The number of imide groups is 1. The molecule has 1 aliphatic heterocycles. The van der Waals surface area contributed by atoms with E-state index in [1.165, 1.54) is 4.90 Å². The molecule has 5 rings (SSSR count). The fourth-order valence-electron chi connectivity index (χ4n) is 5.73. The number of hydrogen-bond acceptors (Lipinski definition) is 4. The van der Waals surface area contributed by atoms with E-state index >= 15 is 0 Å². The molecule has 1 aliphatic carbocycles. The van der Waals surface area contributed by atoms with E-state index in [1.807, 2.05) is 54.6 Å². The van der Waals surface area contributed by atoms with Crippen LogP contribution in [-0.4, -0.2) is 52.1 Å². The maximum absolute atomic E-state index is 13.9. The van der Waals surface area contributed by atoms with Crippen LogP contribution in [0.4, 0.5) is 0 Å². The maximum atomic E-state index is 13.9. The Balaban J connectivity index is 1.35. The van der Waals surface area contributed by atoms with Crippen LogP contribution in [0.2, 0.25) is 0 Å². The molecule has 1 fully saturated rings. The summed E-state index contributed by atoms with van der Waals surface area (Å²) >= 11 is 3.52. The summed E-state index contributed by atoms with van der Waals surface area (Å²) in [6, 6.07) is 23.7. The minimum atomic E-state index is -0.705. The van der Waals surface area contributed by atoms with Gasteiger partial charge in [-0.15, -0.1) is 0 Å². The maximum Gasteiger partial charge on any atom is 0.261 e. The Labute approximate surface area is 249 Å². The van der Waals surface area contributed by atoms with Gasteiger partial charge in [0.25, 0.3) is 11.8 Å². The summed E-state index contributed by atoms with van der Waals surface area (Å²) < 4.78 is 0.892. The normalized spacial score (nSPS) is 15.6. The second kappa shape index (κ2) is 13.3. The number of hydrogen-bond donors (Lipinski definition) is 1. The van der Waals surface area contributed by atoms with E-state index in [4.69, 9.17) is 0 Å². The molecule has 0 radical (unpaired) electrons. The standard InChI is InChI=1S/C33H34BrN3O4/c34-25-13-8-12-24(20-25)22-37(29(21-23-10-2-1-3-11-23)31(39)35-26-14-4-5-15-26)30(38)18-9-19-36-32(40)27-16-6-7-17-28(27)33(36)41/h1-3,6-8,10-13,16-17,20,26,29H,4-5,9,14-15,18-19,21-22H2,(H,35,39). The van der Waals surface area contributed by atoms with Crippen molar-refractivity contribution in [3.8, 4) is 0 Å². The minimum absolute atomic E-state index is 0.101. The van der Waals surface area contributed by atoms with Gasteiger partial charge in [0.1, 0.15) is 6.04 Å². The summed E-state index contributed by atoms with van der Waals surface area (Å²) in [5, 5.41) is 3.21. The third-order valence-electron chi connectivity index (χ3n) is 7.87. The van der Waals surface area contributed by atoms with E-state index in [1.54, 1.807) is 29.2 Å². The van der Waals surface area contributed by atoms with Crippen molar-refractivity contribution in [1.82, 2.24) is 15.1 Å². The number of nitrogens with one attached hydrogen (secondary N) is 1. The minimum Gasteiger partial charge on any atom is -0.352 e. The summed E-state index contributed by atoms with van der Waals surface area (Å²) in [5.74, 6) is -1.00. The van der Waals surface area contributed by atoms with Crippen LogP contribution < -0.4 is 5.32 Å². The summed E-state index contributed by atoms with van der Waals surface area (Å²) in [7, 11) is 0. The average Bonchev–Trinajstić information content (AvgIpc) is 3.57. The van der Waals surface area contributed by atoms with Crippen molar-refractivity contribution >= 4 is 39.6 Å². The molecular formula is C33H34BrN3O4. The Morgan fingerprint density at radius 3 is 2.17 bits per heavy atom. The van der Waals surface area contributed by atoms with E-state index in [0.29, 0.717) is 24.0 Å². The van der Waals surface area contributed by atoms with E-state index in [0.717, 1.165) is 41.3 Å². The van der Waals surface area contributed by atoms with Crippen LogP contribution in [0.3, 0.4) is 0 Å². The van der Waals surface area contributed by atoms with Crippen molar-refractivity contribution in [3.05, 3.63) is 106 Å². The fraction of sp³-hybridized carbons (Fsp3) is 0.333. The van der Waals surface area contributed by atoms with Crippen molar-refractivity contribution in [2.45, 2.75) is 63.6 Å². The average molecular weight is 617 g/mol. The Kier molecular flexibility index (Phi) is 9.29. The first kappa shape index (κ1) is 28.7. The van der Waals surface area contributed by atoms with E-state index < -0.39 is 6.04 Å². The lowest BCUT2D eigenvalue weighted by Gasteiger charge is -2.32. The molecule has 3 aromatic rings. The highest BCUT2D eigenvalue weighted by atomic mass is 79.9. The van der Waals surface area contributed by atoms with E-state index in [-0.39, 0.29) is 49.2 Å². The molecular weight excluding hydrogens is 582 g/mol. The third-order valence-corrected chi connectivity index (χ3v) is 8.36. The Morgan fingerprint density at radius 1 is 0.878 bits per heavy atom. The van der Waals surface area contributed by atoms with Gasteiger partial charge < -0.3 is 10.2 Å². The van der Waals surface area contributed by atoms with E-state index in [2.05, 4.69) is 21.2 Å². The van der Waals surface area contributed by atoms with Gasteiger partial charge in [-0.1, -0.05) is 83.4 Å². The third kappa shape index (κ3) is 6.93. The Hall–Kier alpha value is -3.78. The van der Waals surface area contributed by atoms with Gasteiger partial charge in [-0.25, -0.2) is 0 Å². The molecule has 1 atom stereocenters. The number of carbonyl (C=O) groups is 4. The number of carbonyl (C=O) groups excluding carboxylic acids is 4. The first-order valence-electron chi connectivity index (χ1n) is 14.2. The summed E-state index contributed by atoms with van der Waals surface area (Å²) in [6.07, 6.45) is 4.87. The summed E-state index contributed by atoms with van der Waals surface area (Å²) in [6.45, 7) is 0.404. The zero-order chi connectivity index (χ0) is 28.8.